The summed E-state index contributed by atoms with van der Waals surface area (Å²) in [7, 11) is 0. The van der Waals surface area contributed by atoms with Crippen molar-refractivity contribution in [3.8, 4) is 5.75 Å². The lowest BCUT2D eigenvalue weighted by Crippen LogP contribution is -2.36. The topological polar surface area (TPSA) is 32.3 Å². The predicted octanol–water partition coefficient (Wildman–Crippen LogP) is 2.98. The summed E-state index contributed by atoms with van der Waals surface area (Å²) in [6.07, 6.45) is 4.04. The highest BCUT2D eigenvalue weighted by molar-refractivity contribution is 5.35. The molecule has 0 amide bonds. The van der Waals surface area contributed by atoms with Crippen LogP contribution in [0.1, 0.15) is 37.3 Å². The molecule has 1 aliphatic carbocycles. The summed E-state index contributed by atoms with van der Waals surface area (Å²) in [5, 5.41) is 13.1. The van der Waals surface area contributed by atoms with E-state index in [0.29, 0.717) is 11.2 Å². The number of phenols is 1. The normalized spacial score (nSPS) is 18.1. The number of nitrogens with one attached hydrogen (secondary N) is 1. The molecule has 0 unspecified atom stereocenters. The van der Waals surface area contributed by atoms with Crippen molar-refractivity contribution in [2.75, 3.05) is 6.54 Å². The lowest BCUT2D eigenvalue weighted by Gasteiger charge is -2.38. The molecule has 0 radical (unpaired) electrons. The van der Waals surface area contributed by atoms with E-state index in [1.165, 1.54) is 24.8 Å². The molecule has 0 heterocycles. The third-order valence-corrected chi connectivity index (χ3v) is 3.66. The van der Waals surface area contributed by atoms with Crippen LogP contribution < -0.4 is 5.32 Å². The summed E-state index contributed by atoms with van der Waals surface area (Å²) in [5.74, 6) is 0.400. The molecule has 16 heavy (non-hydrogen) atoms. The van der Waals surface area contributed by atoms with Crippen LogP contribution in [0.5, 0.6) is 5.75 Å². The minimum Gasteiger partial charge on any atom is -0.508 e. The van der Waals surface area contributed by atoms with E-state index in [1.807, 2.05) is 12.1 Å². The predicted molar refractivity (Wildman–Crippen MR) is 66.5 cm³/mol. The molecule has 2 nitrogen and oxygen atoms in total. The third kappa shape index (κ3) is 2.56. The molecule has 0 aromatic heterocycles. The van der Waals surface area contributed by atoms with E-state index in [0.717, 1.165) is 18.7 Å². The van der Waals surface area contributed by atoms with Gasteiger partial charge in [-0.25, -0.2) is 0 Å². The summed E-state index contributed by atoms with van der Waals surface area (Å²) >= 11 is 0. The molecule has 0 aliphatic heterocycles. The zero-order valence-electron chi connectivity index (χ0n) is 10.2. The minimum absolute atomic E-state index is 0.400. The molecule has 2 rings (SSSR count). The second-order valence-electron chi connectivity index (χ2n) is 5.40. The Morgan fingerprint density at radius 1 is 1.38 bits per heavy atom. The van der Waals surface area contributed by atoms with E-state index in [4.69, 9.17) is 0 Å². The first-order valence-electron chi connectivity index (χ1n) is 6.08. The number of benzene rings is 1. The highest BCUT2D eigenvalue weighted by Gasteiger charge is 2.30. The van der Waals surface area contributed by atoms with Crippen molar-refractivity contribution in [2.45, 2.75) is 39.7 Å². The van der Waals surface area contributed by atoms with Gasteiger partial charge in [-0.05, 0) is 31.2 Å². The van der Waals surface area contributed by atoms with Crippen molar-refractivity contribution in [2.24, 2.45) is 5.41 Å². The maximum Gasteiger partial charge on any atom is 0.120 e. The molecule has 0 atom stereocenters. The summed E-state index contributed by atoms with van der Waals surface area (Å²) < 4.78 is 0. The largest absolute Gasteiger partial charge is 0.508 e. The average Bonchev–Trinajstić information content (AvgIpc) is 2.21. The molecule has 0 bridgehead atoms. The van der Waals surface area contributed by atoms with E-state index in [9.17, 15) is 5.11 Å². The Hall–Kier alpha value is -1.02. The molecule has 88 valence electrons. The first-order valence-corrected chi connectivity index (χ1v) is 6.08. The van der Waals surface area contributed by atoms with Crippen LogP contribution in [0, 0.1) is 12.3 Å². The van der Waals surface area contributed by atoms with Gasteiger partial charge in [-0.3, -0.25) is 0 Å². The number of phenolic OH excluding ortho intramolecular Hbond substituents is 1. The van der Waals surface area contributed by atoms with Gasteiger partial charge in [0.2, 0.25) is 0 Å². The van der Waals surface area contributed by atoms with Crippen molar-refractivity contribution >= 4 is 0 Å². The summed E-state index contributed by atoms with van der Waals surface area (Å²) in [6, 6.07) is 5.76. The second kappa shape index (κ2) is 4.46. The molecule has 1 aromatic carbocycles. The van der Waals surface area contributed by atoms with Crippen LogP contribution >= 0.6 is 0 Å². The average molecular weight is 219 g/mol. The van der Waals surface area contributed by atoms with E-state index in [-0.39, 0.29) is 0 Å². The van der Waals surface area contributed by atoms with Gasteiger partial charge in [0.1, 0.15) is 5.75 Å². The highest BCUT2D eigenvalue weighted by Crippen LogP contribution is 2.39. The van der Waals surface area contributed by atoms with Gasteiger partial charge in [-0.15, -0.1) is 0 Å². The van der Waals surface area contributed by atoms with Gasteiger partial charge in [0.05, 0.1) is 0 Å². The number of aromatic hydroxyl groups is 1. The Kier molecular flexibility index (Phi) is 3.20. The van der Waals surface area contributed by atoms with E-state index < -0.39 is 0 Å². The number of hydrogen-bond acceptors (Lipinski definition) is 2. The van der Waals surface area contributed by atoms with Crippen LogP contribution in [0.2, 0.25) is 0 Å². The monoisotopic (exact) mass is 219 g/mol. The molecule has 2 heteroatoms. The zero-order chi connectivity index (χ0) is 11.6. The molecule has 1 aromatic rings. The smallest absolute Gasteiger partial charge is 0.120 e. The van der Waals surface area contributed by atoms with Crippen molar-refractivity contribution in [1.29, 1.82) is 0 Å². The van der Waals surface area contributed by atoms with Gasteiger partial charge >= 0.3 is 0 Å². The van der Waals surface area contributed by atoms with Gasteiger partial charge in [0.25, 0.3) is 0 Å². The summed E-state index contributed by atoms with van der Waals surface area (Å²) in [5.41, 5.74) is 2.70. The maximum absolute atomic E-state index is 9.70. The van der Waals surface area contributed by atoms with Crippen LogP contribution in [-0.4, -0.2) is 11.7 Å². The van der Waals surface area contributed by atoms with Crippen LogP contribution in [0.3, 0.4) is 0 Å². The van der Waals surface area contributed by atoms with Crippen molar-refractivity contribution in [3.05, 3.63) is 29.3 Å². The second-order valence-corrected chi connectivity index (χ2v) is 5.40. The van der Waals surface area contributed by atoms with Gasteiger partial charge in [-0.2, -0.15) is 0 Å². The molecule has 1 fully saturated rings. The minimum atomic E-state index is 0.400. The maximum atomic E-state index is 9.70. The Morgan fingerprint density at radius 2 is 2.12 bits per heavy atom. The first kappa shape index (κ1) is 11.5. The molecular formula is C14H21NO. The molecular weight excluding hydrogens is 198 g/mol. The molecule has 1 saturated carbocycles. The third-order valence-electron chi connectivity index (χ3n) is 3.66. The Bertz CT molecular complexity index is 369. The van der Waals surface area contributed by atoms with Crippen LogP contribution in [0.4, 0.5) is 0 Å². The van der Waals surface area contributed by atoms with E-state index in [1.54, 1.807) is 6.07 Å². The molecule has 1 aliphatic rings. The Labute approximate surface area is 97.7 Å². The Balaban J connectivity index is 1.87. The summed E-state index contributed by atoms with van der Waals surface area (Å²) in [6.45, 7) is 6.21. The highest BCUT2D eigenvalue weighted by atomic mass is 16.3. The van der Waals surface area contributed by atoms with Crippen LogP contribution in [-0.2, 0) is 6.54 Å². The fourth-order valence-corrected chi connectivity index (χ4v) is 2.31. The lowest BCUT2D eigenvalue weighted by molar-refractivity contribution is 0.156. The van der Waals surface area contributed by atoms with Gasteiger partial charge in [-0.1, -0.05) is 31.0 Å². The number of aryl methyl sites for hydroxylation is 1. The molecule has 0 saturated heterocycles. The van der Waals surface area contributed by atoms with Crippen molar-refractivity contribution in [3.63, 3.8) is 0 Å². The summed E-state index contributed by atoms with van der Waals surface area (Å²) in [4.78, 5) is 0. The fraction of sp³-hybridized carbons (Fsp3) is 0.571. The van der Waals surface area contributed by atoms with Gasteiger partial charge < -0.3 is 10.4 Å². The molecule has 0 spiro atoms. The van der Waals surface area contributed by atoms with Gasteiger partial charge in [0, 0.05) is 18.7 Å². The van der Waals surface area contributed by atoms with E-state index >= 15 is 0 Å². The number of hydrogen-bond donors (Lipinski definition) is 2. The van der Waals surface area contributed by atoms with E-state index in [2.05, 4.69) is 19.2 Å². The first-order chi connectivity index (χ1) is 7.59. The van der Waals surface area contributed by atoms with Gasteiger partial charge in [0.15, 0.2) is 0 Å². The fourth-order valence-electron chi connectivity index (χ4n) is 2.31. The van der Waals surface area contributed by atoms with Crippen molar-refractivity contribution < 1.29 is 5.11 Å². The standard InChI is InChI=1S/C14H21NO/c1-11-4-5-13(16)12(8-11)9-15-10-14(2)6-3-7-14/h4-5,8,15-16H,3,6-7,9-10H2,1-2H3. The SMILES string of the molecule is Cc1ccc(O)c(CNCC2(C)CCC2)c1. The van der Waals surface area contributed by atoms with Crippen molar-refractivity contribution in [1.82, 2.24) is 5.32 Å². The molecule has 2 N–H and O–H groups in total. The quantitative estimate of drug-likeness (QED) is 0.816. The zero-order valence-corrected chi connectivity index (χ0v) is 10.2. The Morgan fingerprint density at radius 3 is 2.75 bits per heavy atom. The van der Waals surface area contributed by atoms with Crippen LogP contribution in [0.25, 0.3) is 0 Å². The lowest BCUT2D eigenvalue weighted by atomic mass is 9.70. The van der Waals surface area contributed by atoms with Crippen LogP contribution in [0.15, 0.2) is 18.2 Å². The number of rotatable bonds is 4.